The van der Waals surface area contributed by atoms with E-state index in [0.29, 0.717) is 11.4 Å². The topological polar surface area (TPSA) is 113 Å². The molecule has 0 aliphatic heterocycles. The van der Waals surface area contributed by atoms with Gasteiger partial charge in [0.05, 0.1) is 22.3 Å². The van der Waals surface area contributed by atoms with Gasteiger partial charge in [-0.1, -0.05) is 6.07 Å². The van der Waals surface area contributed by atoms with Crippen LogP contribution >= 0.6 is 0 Å². The van der Waals surface area contributed by atoms with Gasteiger partial charge in [-0.05, 0) is 43.4 Å². The fraction of sp³-hybridized carbons (Fsp3) is 0.150. The summed E-state index contributed by atoms with van der Waals surface area (Å²) in [6.07, 6.45) is 2.90. The van der Waals surface area contributed by atoms with E-state index in [4.69, 9.17) is 0 Å². The number of benzene rings is 1. The second kappa shape index (κ2) is 8.47. The second-order valence-electron chi connectivity index (χ2n) is 6.58. The van der Waals surface area contributed by atoms with Crippen LogP contribution < -0.4 is 20.5 Å². The number of aromatic nitrogens is 2. The van der Waals surface area contributed by atoms with Crippen LogP contribution in [0.2, 0.25) is 0 Å². The van der Waals surface area contributed by atoms with Gasteiger partial charge in [0.2, 0.25) is 10.0 Å². The van der Waals surface area contributed by atoms with Crippen molar-refractivity contribution in [2.45, 2.75) is 4.90 Å². The number of nitrogens with zero attached hydrogens (tertiary/aromatic N) is 3. The first-order chi connectivity index (χ1) is 14.2. The normalized spacial score (nSPS) is 11.2. The molecule has 0 fully saturated rings. The lowest BCUT2D eigenvalue weighted by molar-refractivity contribution is 0.102. The fourth-order valence-electron chi connectivity index (χ4n) is 2.67. The number of anilines is 2. The summed E-state index contributed by atoms with van der Waals surface area (Å²) in [6.45, 7) is 0. The van der Waals surface area contributed by atoms with Crippen LogP contribution in [0.15, 0.2) is 70.6 Å². The Balaban J connectivity index is 1.91. The molecule has 2 heterocycles. The summed E-state index contributed by atoms with van der Waals surface area (Å²) in [4.78, 5) is 31.1. The van der Waals surface area contributed by atoms with Crippen LogP contribution in [0.3, 0.4) is 0 Å². The molecule has 3 aromatic rings. The maximum Gasteiger partial charge on any atom is 0.257 e. The van der Waals surface area contributed by atoms with Gasteiger partial charge in [0, 0.05) is 32.0 Å². The monoisotopic (exact) mass is 427 g/mol. The maximum absolute atomic E-state index is 12.6. The van der Waals surface area contributed by atoms with Crippen molar-refractivity contribution in [3.63, 3.8) is 0 Å². The van der Waals surface area contributed by atoms with Crippen molar-refractivity contribution in [3.8, 4) is 5.69 Å². The molecule has 3 rings (SSSR count). The van der Waals surface area contributed by atoms with Crippen molar-refractivity contribution in [3.05, 3.63) is 76.8 Å². The van der Waals surface area contributed by atoms with Gasteiger partial charge in [-0.15, -0.1) is 0 Å². The average molecular weight is 427 g/mol. The standard InChI is InChI=1S/C20H21N5O4S/c1-21-30(28,29)17-6-4-5-16(11-17)25-13-14(7-10-19(25)26)20(27)23-15-8-9-18(22-12-15)24(2)3/h4-13,21H,1-3H3,(H,23,27). The molecular weight excluding hydrogens is 406 g/mol. The minimum atomic E-state index is -3.67. The summed E-state index contributed by atoms with van der Waals surface area (Å²) in [5, 5.41) is 2.73. The van der Waals surface area contributed by atoms with Crippen molar-refractivity contribution in [2.75, 3.05) is 31.4 Å². The highest BCUT2D eigenvalue weighted by atomic mass is 32.2. The highest BCUT2D eigenvalue weighted by Gasteiger charge is 2.14. The Morgan fingerprint density at radius 1 is 1.10 bits per heavy atom. The van der Waals surface area contributed by atoms with Crippen molar-refractivity contribution >= 4 is 27.4 Å². The molecule has 0 unspecified atom stereocenters. The zero-order valence-corrected chi connectivity index (χ0v) is 17.5. The van der Waals surface area contributed by atoms with Gasteiger partial charge in [-0.3, -0.25) is 14.2 Å². The quantitative estimate of drug-likeness (QED) is 0.616. The first-order valence-corrected chi connectivity index (χ1v) is 10.4. The largest absolute Gasteiger partial charge is 0.363 e. The van der Waals surface area contributed by atoms with Crippen LogP contribution in [0.5, 0.6) is 0 Å². The molecule has 2 aromatic heterocycles. The highest BCUT2D eigenvalue weighted by molar-refractivity contribution is 7.89. The molecule has 1 amide bonds. The molecule has 0 aliphatic carbocycles. The van der Waals surface area contributed by atoms with Gasteiger partial charge >= 0.3 is 0 Å². The first kappa shape index (κ1) is 21.2. The van der Waals surface area contributed by atoms with E-state index >= 15 is 0 Å². The number of amides is 1. The lowest BCUT2D eigenvalue weighted by Crippen LogP contribution is -2.22. The van der Waals surface area contributed by atoms with Gasteiger partial charge in [0.15, 0.2) is 0 Å². The Kier molecular flexibility index (Phi) is 5.99. The van der Waals surface area contributed by atoms with Crippen LogP contribution in [0.1, 0.15) is 10.4 Å². The van der Waals surface area contributed by atoms with E-state index in [-0.39, 0.29) is 10.5 Å². The molecule has 0 spiro atoms. The van der Waals surface area contributed by atoms with Crippen LogP contribution in [-0.2, 0) is 10.0 Å². The van der Waals surface area contributed by atoms with Crippen molar-refractivity contribution in [1.29, 1.82) is 0 Å². The molecule has 9 nitrogen and oxygen atoms in total. The van der Waals surface area contributed by atoms with E-state index in [2.05, 4.69) is 15.0 Å². The predicted molar refractivity (Wildman–Crippen MR) is 115 cm³/mol. The molecule has 0 atom stereocenters. The van der Waals surface area contributed by atoms with Crippen LogP contribution in [0.25, 0.3) is 5.69 Å². The molecule has 0 radical (unpaired) electrons. The third-order valence-corrected chi connectivity index (χ3v) is 5.72. The van der Waals surface area contributed by atoms with Gasteiger partial charge < -0.3 is 10.2 Å². The van der Waals surface area contributed by atoms with E-state index in [1.54, 1.807) is 18.2 Å². The predicted octanol–water partition coefficient (Wildman–Crippen LogP) is 1.46. The van der Waals surface area contributed by atoms with E-state index < -0.39 is 21.5 Å². The number of sulfonamides is 1. The molecule has 30 heavy (non-hydrogen) atoms. The highest BCUT2D eigenvalue weighted by Crippen LogP contribution is 2.16. The summed E-state index contributed by atoms with van der Waals surface area (Å²) < 4.78 is 27.5. The van der Waals surface area contributed by atoms with E-state index in [1.165, 1.54) is 54.3 Å². The molecule has 10 heteroatoms. The number of carbonyl (C=O) groups is 1. The third kappa shape index (κ3) is 4.56. The van der Waals surface area contributed by atoms with E-state index in [1.807, 2.05) is 19.0 Å². The summed E-state index contributed by atoms with van der Waals surface area (Å²) in [5.41, 5.74) is 0.657. The van der Waals surface area contributed by atoms with Crippen molar-refractivity contribution in [2.24, 2.45) is 0 Å². The number of hydrogen-bond acceptors (Lipinski definition) is 6. The number of carbonyl (C=O) groups excluding carboxylic acids is 1. The Bertz CT molecular complexity index is 1230. The minimum absolute atomic E-state index is 0.0105. The third-order valence-electron chi connectivity index (χ3n) is 4.31. The number of pyridine rings is 2. The maximum atomic E-state index is 12.6. The molecular formula is C20H21N5O4S. The van der Waals surface area contributed by atoms with Gasteiger partial charge in [0.25, 0.3) is 11.5 Å². The van der Waals surface area contributed by atoms with Gasteiger partial charge in [-0.2, -0.15) is 0 Å². The Morgan fingerprint density at radius 3 is 2.50 bits per heavy atom. The summed E-state index contributed by atoms with van der Waals surface area (Å²) in [6, 6.07) is 12.0. The van der Waals surface area contributed by atoms with Crippen LogP contribution in [0.4, 0.5) is 11.5 Å². The smallest absolute Gasteiger partial charge is 0.257 e. The minimum Gasteiger partial charge on any atom is -0.363 e. The van der Waals surface area contributed by atoms with Crippen LogP contribution in [0, 0.1) is 0 Å². The lowest BCUT2D eigenvalue weighted by atomic mass is 10.2. The Labute approximate surface area is 174 Å². The van der Waals surface area contributed by atoms with Crippen molar-refractivity contribution in [1.82, 2.24) is 14.3 Å². The fourth-order valence-corrected chi connectivity index (χ4v) is 3.44. The Morgan fingerprint density at radius 2 is 1.87 bits per heavy atom. The van der Waals surface area contributed by atoms with Crippen molar-refractivity contribution < 1.29 is 13.2 Å². The summed E-state index contributed by atoms with van der Waals surface area (Å²) >= 11 is 0. The van der Waals surface area contributed by atoms with E-state index in [9.17, 15) is 18.0 Å². The average Bonchev–Trinajstić information content (AvgIpc) is 2.74. The molecule has 0 aliphatic rings. The van der Waals surface area contributed by atoms with E-state index in [0.717, 1.165) is 5.82 Å². The molecule has 1 aromatic carbocycles. The van der Waals surface area contributed by atoms with Gasteiger partial charge in [0.1, 0.15) is 5.82 Å². The molecule has 0 bridgehead atoms. The zero-order chi connectivity index (χ0) is 21.9. The molecule has 0 saturated carbocycles. The number of rotatable bonds is 6. The molecule has 156 valence electrons. The second-order valence-corrected chi connectivity index (χ2v) is 8.47. The van der Waals surface area contributed by atoms with Crippen LogP contribution in [-0.4, -0.2) is 45.0 Å². The summed E-state index contributed by atoms with van der Waals surface area (Å²) in [7, 11) is 1.35. The first-order valence-electron chi connectivity index (χ1n) is 8.93. The molecule has 0 saturated heterocycles. The Hall–Kier alpha value is -3.50. The van der Waals surface area contributed by atoms with Gasteiger partial charge in [-0.25, -0.2) is 18.1 Å². The SMILES string of the molecule is CNS(=O)(=O)c1cccc(-n2cc(C(=O)Nc3ccc(N(C)C)nc3)ccc2=O)c1. The summed E-state index contributed by atoms with van der Waals surface area (Å²) in [5.74, 6) is 0.320. The molecule has 2 N–H and O–H groups in total. The lowest BCUT2D eigenvalue weighted by Gasteiger charge is -2.12. The zero-order valence-electron chi connectivity index (χ0n) is 16.7. The number of hydrogen-bond donors (Lipinski definition) is 2. The number of nitrogens with one attached hydrogen (secondary N) is 2.